The van der Waals surface area contributed by atoms with E-state index < -0.39 is 46.2 Å². The predicted molar refractivity (Wildman–Crippen MR) is 211 cm³/mol. The van der Waals surface area contributed by atoms with Gasteiger partial charge in [0.15, 0.2) is 0 Å². The summed E-state index contributed by atoms with van der Waals surface area (Å²) in [7, 11) is -3.99. The number of alkyl carbamates (subject to hydrolysis) is 1. The van der Waals surface area contributed by atoms with E-state index in [2.05, 4.69) is 11.9 Å². The van der Waals surface area contributed by atoms with Gasteiger partial charge in [-0.3, -0.25) is 4.18 Å². The van der Waals surface area contributed by atoms with Gasteiger partial charge in [-0.15, -0.1) is 6.58 Å². The molecule has 3 rings (SSSR count). The summed E-state index contributed by atoms with van der Waals surface area (Å²) in [5.74, 6) is 0. The second-order valence-electron chi connectivity index (χ2n) is 14.5. The van der Waals surface area contributed by atoms with Crippen LogP contribution in [0.4, 0.5) is 4.79 Å². The molecule has 0 unspecified atom stereocenters. The van der Waals surface area contributed by atoms with Crippen molar-refractivity contribution in [3.05, 3.63) is 120 Å². The summed E-state index contributed by atoms with van der Waals surface area (Å²) in [4.78, 5) is 13.4. The van der Waals surface area contributed by atoms with Crippen LogP contribution >= 0.6 is 0 Å². The van der Waals surface area contributed by atoms with E-state index in [0.29, 0.717) is 6.42 Å². The molecule has 0 saturated carbocycles. The number of allylic oxidation sites excluding steroid dienone is 1. The molecule has 10 heteroatoms. The number of nitrogens with one attached hydrogen (secondary N) is 1. The fourth-order valence-electron chi connectivity index (χ4n) is 5.97. The summed E-state index contributed by atoms with van der Waals surface area (Å²) >= 11 is 0. The van der Waals surface area contributed by atoms with Crippen LogP contribution in [-0.2, 0) is 53.1 Å². The largest absolute Gasteiger partial charge is 0.444 e. The van der Waals surface area contributed by atoms with Crippen molar-refractivity contribution < 1.29 is 36.3 Å². The van der Waals surface area contributed by atoms with E-state index in [9.17, 15) is 13.2 Å². The molecular formula is C43H61NO8S. The minimum absolute atomic E-state index is 0.113. The SMILES string of the molecule is C=CCCCCCCCCC[C@@H](NC(=O)OC(C)(C)C)[C@@H](OCc1ccccc1)[C@H](OCc1ccccc1)[C@H](COCc1ccccc1)OS(C)(=O)=O. The van der Waals surface area contributed by atoms with Gasteiger partial charge in [0.1, 0.15) is 23.9 Å². The average molecular weight is 752 g/mol. The summed E-state index contributed by atoms with van der Waals surface area (Å²) in [6.07, 6.45) is 8.43. The number of hydrogen-bond donors (Lipinski definition) is 1. The highest BCUT2D eigenvalue weighted by atomic mass is 32.2. The molecule has 0 radical (unpaired) electrons. The number of ether oxygens (including phenoxy) is 4. The summed E-state index contributed by atoms with van der Waals surface area (Å²) < 4.78 is 56.7. The molecule has 0 aliphatic heterocycles. The van der Waals surface area contributed by atoms with Gasteiger partial charge in [0.05, 0.1) is 38.7 Å². The van der Waals surface area contributed by atoms with Gasteiger partial charge in [0.2, 0.25) is 0 Å². The second-order valence-corrected chi connectivity index (χ2v) is 16.1. The Morgan fingerprint density at radius 2 is 1.19 bits per heavy atom. The lowest BCUT2D eigenvalue weighted by molar-refractivity contribution is -0.149. The van der Waals surface area contributed by atoms with E-state index in [1.807, 2.05) is 118 Å². The first-order chi connectivity index (χ1) is 25.4. The van der Waals surface area contributed by atoms with Crippen LogP contribution in [0.5, 0.6) is 0 Å². The van der Waals surface area contributed by atoms with Crippen LogP contribution in [0.25, 0.3) is 0 Å². The van der Waals surface area contributed by atoms with Crippen molar-refractivity contribution in [1.82, 2.24) is 5.32 Å². The quantitative estimate of drug-likeness (QED) is 0.0491. The van der Waals surface area contributed by atoms with Gasteiger partial charge in [0.25, 0.3) is 10.1 Å². The molecule has 0 bridgehead atoms. The number of hydrogen-bond acceptors (Lipinski definition) is 8. The maximum atomic E-state index is 13.4. The standard InChI is InChI=1S/C43H61NO8S/c1-6-7-8-9-10-11-12-13-23-30-38(44-42(45)51-43(2,3)4)40(49-32-36-26-19-15-20-27-36)41(50-33-37-28-21-16-22-29-37)39(52-53(5,46)47)34-48-31-35-24-17-14-18-25-35/h6,14-22,24-29,38-41H,1,7-13,23,30-34H2,2-5H3,(H,44,45)/t38-,39+,40-,41-/m1/s1. The van der Waals surface area contributed by atoms with Gasteiger partial charge >= 0.3 is 6.09 Å². The minimum atomic E-state index is -3.99. The summed E-state index contributed by atoms with van der Waals surface area (Å²) in [5, 5.41) is 3.09. The molecule has 0 fully saturated rings. The Morgan fingerprint density at radius 1 is 0.717 bits per heavy atom. The number of carbonyl (C=O) groups is 1. The fraction of sp³-hybridized carbons (Fsp3) is 0.512. The third-order valence-corrected chi connectivity index (χ3v) is 9.07. The van der Waals surface area contributed by atoms with Crippen molar-refractivity contribution in [3.63, 3.8) is 0 Å². The van der Waals surface area contributed by atoms with E-state index >= 15 is 0 Å². The van der Waals surface area contributed by atoms with Crippen LogP contribution < -0.4 is 5.32 Å². The lowest BCUT2D eigenvalue weighted by atomic mass is 9.95. The Kier molecular flexibility index (Phi) is 19.8. The maximum Gasteiger partial charge on any atom is 0.407 e. The highest BCUT2D eigenvalue weighted by Gasteiger charge is 2.40. The average Bonchev–Trinajstić information content (AvgIpc) is 3.11. The first-order valence-corrected chi connectivity index (χ1v) is 20.7. The number of unbranched alkanes of at least 4 members (excludes halogenated alkanes) is 7. The molecule has 0 heterocycles. The van der Waals surface area contributed by atoms with E-state index in [1.165, 1.54) is 12.8 Å². The normalized spacial score (nSPS) is 14.2. The zero-order valence-corrected chi connectivity index (χ0v) is 32.9. The maximum absolute atomic E-state index is 13.4. The molecule has 0 aromatic heterocycles. The van der Waals surface area contributed by atoms with Crippen LogP contribution in [0, 0.1) is 0 Å². The lowest BCUT2D eigenvalue weighted by Crippen LogP contribution is -2.56. The van der Waals surface area contributed by atoms with Gasteiger partial charge in [-0.2, -0.15) is 8.42 Å². The Labute approximate surface area is 318 Å². The van der Waals surface area contributed by atoms with E-state index in [-0.39, 0.29) is 26.4 Å². The Bertz CT molecular complexity index is 1530. The van der Waals surface area contributed by atoms with E-state index in [4.69, 9.17) is 23.1 Å². The van der Waals surface area contributed by atoms with Crippen molar-refractivity contribution in [2.75, 3.05) is 12.9 Å². The molecule has 0 saturated heterocycles. The summed E-state index contributed by atoms with van der Waals surface area (Å²) in [5.41, 5.74) is 1.98. The predicted octanol–water partition coefficient (Wildman–Crippen LogP) is 9.31. The smallest absolute Gasteiger partial charge is 0.407 e. The number of rotatable bonds is 26. The van der Waals surface area contributed by atoms with Crippen molar-refractivity contribution in [1.29, 1.82) is 0 Å². The monoisotopic (exact) mass is 751 g/mol. The van der Waals surface area contributed by atoms with Crippen molar-refractivity contribution in [3.8, 4) is 0 Å². The van der Waals surface area contributed by atoms with Crippen LogP contribution in [0.3, 0.4) is 0 Å². The molecule has 1 N–H and O–H groups in total. The molecule has 0 spiro atoms. The van der Waals surface area contributed by atoms with Gasteiger partial charge < -0.3 is 24.3 Å². The molecule has 1 amide bonds. The molecule has 9 nitrogen and oxygen atoms in total. The fourth-order valence-corrected chi connectivity index (χ4v) is 6.58. The van der Waals surface area contributed by atoms with Gasteiger partial charge in [-0.05, 0) is 56.7 Å². The van der Waals surface area contributed by atoms with E-state index in [1.54, 1.807) is 0 Å². The zero-order valence-electron chi connectivity index (χ0n) is 32.1. The molecular weight excluding hydrogens is 691 g/mol. The number of amides is 1. The molecule has 0 aliphatic rings. The van der Waals surface area contributed by atoms with Gasteiger partial charge in [0, 0.05) is 0 Å². The Hall–Kier alpha value is -3.54. The van der Waals surface area contributed by atoms with Crippen LogP contribution in [0.1, 0.15) is 95.2 Å². The third-order valence-electron chi connectivity index (χ3n) is 8.47. The van der Waals surface area contributed by atoms with Gasteiger partial charge in [-0.1, -0.05) is 136 Å². The topological polar surface area (TPSA) is 109 Å². The van der Waals surface area contributed by atoms with Crippen molar-refractivity contribution in [2.24, 2.45) is 0 Å². The molecule has 0 aliphatic carbocycles. The van der Waals surface area contributed by atoms with Crippen LogP contribution in [0.15, 0.2) is 104 Å². The molecule has 53 heavy (non-hydrogen) atoms. The first-order valence-electron chi connectivity index (χ1n) is 18.8. The molecule has 292 valence electrons. The lowest BCUT2D eigenvalue weighted by Gasteiger charge is -2.38. The molecule has 3 aromatic rings. The number of carbonyl (C=O) groups excluding carboxylic acids is 1. The Morgan fingerprint density at radius 3 is 1.68 bits per heavy atom. The minimum Gasteiger partial charge on any atom is -0.444 e. The summed E-state index contributed by atoms with van der Waals surface area (Å²) in [6, 6.07) is 28.3. The molecule has 3 aromatic carbocycles. The second kappa shape index (κ2) is 24.0. The Balaban J connectivity index is 1.98. The van der Waals surface area contributed by atoms with Crippen molar-refractivity contribution in [2.45, 2.75) is 128 Å². The summed E-state index contributed by atoms with van der Waals surface area (Å²) in [6.45, 7) is 9.69. The molecule has 4 atom stereocenters. The zero-order chi connectivity index (χ0) is 38.4. The van der Waals surface area contributed by atoms with Crippen LogP contribution in [-0.4, -0.2) is 57.3 Å². The van der Waals surface area contributed by atoms with Gasteiger partial charge in [-0.25, -0.2) is 4.79 Å². The number of benzene rings is 3. The third kappa shape index (κ3) is 19.4. The van der Waals surface area contributed by atoms with Crippen LogP contribution in [0.2, 0.25) is 0 Å². The highest BCUT2D eigenvalue weighted by molar-refractivity contribution is 7.86. The first kappa shape index (κ1) is 43.9. The van der Waals surface area contributed by atoms with E-state index in [0.717, 1.165) is 61.5 Å². The van der Waals surface area contributed by atoms with Crippen molar-refractivity contribution >= 4 is 16.2 Å². The highest BCUT2D eigenvalue weighted by Crippen LogP contribution is 2.25.